The lowest BCUT2D eigenvalue weighted by Gasteiger charge is -2.27. The quantitative estimate of drug-likeness (QED) is 0.123. The van der Waals surface area contributed by atoms with E-state index in [4.69, 9.17) is 5.10 Å². The fourth-order valence-electron chi connectivity index (χ4n) is 6.09. The van der Waals surface area contributed by atoms with Crippen LogP contribution in [0.3, 0.4) is 0 Å². The molecule has 4 aromatic carbocycles. The van der Waals surface area contributed by atoms with Crippen LogP contribution in [0.5, 0.6) is 0 Å². The second-order valence-corrected chi connectivity index (χ2v) is 12.3. The van der Waals surface area contributed by atoms with Crippen LogP contribution in [0.15, 0.2) is 114 Å². The average molecular weight is 620 g/mol. The van der Waals surface area contributed by atoms with Gasteiger partial charge in [0.15, 0.2) is 0 Å². The van der Waals surface area contributed by atoms with Crippen LogP contribution in [0.1, 0.15) is 61.0 Å². The predicted octanol–water partition coefficient (Wildman–Crippen LogP) is 7.69. The molecule has 7 heteroatoms. The number of hydrogen-bond donors (Lipinski definition) is 1. The van der Waals surface area contributed by atoms with Gasteiger partial charge in [-0.3, -0.25) is 14.5 Å². The normalized spacial score (nSPS) is 12.8. The van der Waals surface area contributed by atoms with Crippen LogP contribution in [-0.2, 0) is 24.2 Å². The van der Waals surface area contributed by atoms with Crippen molar-refractivity contribution >= 4 is 16.7 Å². The van der Waals surface area contributed by atoms with Crippen molar-refractivity contribution in [2.75, 3.05) is 13.1 Å². The number of carbonyl (C=O) groups is 1. The van der Waals surface area contributed by atoms with E-state index in [9.17, 15) is 19.1 Å². The van der Waals surface area contributed by atoms with Gasteiger partial charge in [-0.1, -0.05) is 97.9 Å². The van der Waals surface area contributed by atoms with E-state index in [1.165, 1.54) is 23.3 Å². The third kappa shape index (κ3) is 9.21. The number of hydrogen-bond acceptors (Lipinski definition) is 4. The lowest BCUT2D eigenvalue weighted by Crippen LogP contribution is -2.33. The Morgan fingerprint density at radius 2 is 1.41 bits per heavy atom. The zero-order chi connectivity index (χ0) is 32.3. The third-order valence-electron chi connectivity index (χ3n) is 8.64. The number of aliphatic carboxylic acids is 1. The average Bonchev–Trinajstić information content (AvgIpc) is 3.06. The summed E-state index contributed by atoms with van der Waals surface area (Å²) in [6.07, 6.45) is 3.42. The van der Waals surface area contributed by atoms with Crippen molar-refractivity contribution in [1.29, 1.82) is 0 Å². The van der Waals surface area contributed by atoms with Crippen LogP contribution in [0, 0.1) is 11.7 Å². The number of carboxylic acid groups (broad SMARTS) is 1. The summed E-state index contributed by atoms with van der Waals surface area (Å²) < 4.78 is 15.3. The van der Waals surface area contributed by atoms with Crippen LogP contribution in [0.2, 0.25) is 0 Å². The monoisotopic (exact) mass is 619 g/mol. The van der Waals surface area contributed by atoms with E-state index in [-0.39, 0.29) is 29.8 Å². The van der Waals surface area contributed by atoms with Crippen LogP contribution in [0.4, 0.5) is 4.39 Å². The van der Waals surface area contributed by atoms with Gasteiger partial charge in [-0.25, -0.2) is 9.07 Å². The first-order valence-corrected chi connectivity index (χ1v) is 16.1. The van der Waals surface area contributed by atoms with Gasteiger partial charge < -0.3 is 5.11 Å². The van der Waals surface area contributed by atoms with Crippen molar-refractivity contribution in [1.82, 2.24) is 14.7 Å². The van der Waals surface area contributed by atoms with E-state index < -0.39 is 5.97 Å². The molecule has 238 valence electrons. The summed E-state index contributed by atoms with van der Waals surface area (Å²) in [5.74, 6) is -1.15. The highest BCUT2D eigenvalue weighted by Gasteiger charge is 2.21. The molecule has 6 nitrogen and oxygen atoms in total. The Hall–Kier alpha value is -4.62. The molecule has 0 radical (unpaired) electrons. The third-order valence-corrected chi connectivity index (χ3v) is 8.64. The Kier molecular flexibility index (Phi) is 11.5. The highest BCUT2D eigenvalue weighted by molar-refractivity contribution is 5.83. The van der Waals surface area contributed by atoms with Gasteiger partial charge in [0.25, 0.3) is 5.56 Å². The molecule has 0 bridgehead atoms. The van der Waals surface area contributed by atoms with Crippen molar-refractivity contribution in [3.63, 3.8) is 0 Å². The zero-order valence-corrected chi connectivity index (χ0v) is 26.4. The fourth-order valence-corrected chi connectivity index (χ4v) is 6.09. The van der Waals surface area contributed by atoms with Crippen LogP contribution in [-0.4, -0.2) is 38.8 Å². The van der Waals surface area contributed by atoms with E-state index in [2.05, 4.69) is 53.4 Å². The number of fused-ring (bicyclic) bond motifs is 1. The van der Waals surface area contributed by atoms with Crippen molar-refractivity contribution < 1.29 is 14.3 Å². The van der Waals surface area contributed by atoms with Gasteiger partial charge in [-0.15, -0.1) is 0 Å². The predicted molar refractivity (Wildman–Crippen MR) is 181 cm³/mol. The summed E-state index contributed by atoms with van der Waals surface area (Å²) in [5, 5.41) is 15.8. The van der Waals surface area contributed by atoms with Gasteiger partial charge in [0.1, 0.15) is 5.82 Å². The van der Waals surface area contributed by atoms with Gasteiger partial charge in [-0.05, 0) is 66.5 Å². The standard InChI is InChI=1S/C39H42FN3O3/c1-29(26-38(44)45)16-21-34(23-25-42(28-32-12-6-3-7-13-32)24-22-30-10-4-2-5-11-30)43-39(46)36-15-9-8-14-35(36)37(41-43)27-31-17-19-33(40)20-18-31/h2-15,17-20,29,34H,16,21-28H2,1H3,(H,44,45). The summed E-state index contributed by atoms with van der Waals surface area (Å²) in [6.45, 7) is 4.33. The number of aromatic nitrogens is 2. The highest BCUT2D eigenvalue weighted by atomic mass is 19.1. The number of nitrogens with zero attached hydrogens (tertiary/aromatic N) is 3. The Balaban J connectivity index is 1.46. The second-order valence-electron chi connectivity index (χ2n) is 12.3. The number of rotatable bonds is 16. The summed E-state index contributed by atoms with van der Waals surface area (Å²) in [5.41, 5.74) is 4.02. The minimum Gasteiger partial charge on any atom is -0.481 e. The first kappa shape index (κ1) is 32.8. The second kappa shape index (κ2) is 16.1. The Morgan fingerprint density at radius 3 is 2.09 bits per heavy atom. The SMILES string of the molecule is CC(CCC(CCN(CCc1ccccc1)Cc1ccccc1)n1nc(Cc2ccc(F)cc2)c2ccccc2c1=O)CC(=O)O. The Morgan fingerprint density at radius 1 is 0.783 bits per heavy atom. The zero-order valence-electron chi connectivity index (χ0n) is 26.4. The van der Waals surface area contributed by atoms with Crippen LogP contribution in [0.25, 0.3) is 10.8 Å². The summed E-state index contributed by atoms with van der Waals surface area (Å²) >= 11 is 0. The molecular formula is C39H42FN3O3. The van der Waals surface area contributed by atoms with Crippen LogP contribution >= 0.6 is 0 Å². The van der Waals surface area contributed by atoms with Gasteiger partial charge in [0.2, 0.25) is 0 Å². The van der Waals surface area contributed by atoms with Gasteiger partial charge in [0, 0.05) is 37.9 Å². The smallest absolute Gasteiger partial charge is 0.303 e. The molecule has 0 amide bonds. The largest absolute Gasteiger partial charge is 0.481 e. The maximum absolute atomic E-state index is 14.0. The fraction of sp³-hybridized carbons (Fsp3) is 0.308. The van der Waals surface area contributed by atoms with Crippen molar-refractivity contribution in [2.24, 2.45) is 5.92 Å². The molecule has 1 N–H and O–H groups in total. The number of halogens is 1. The molecule has 0 saturated carbocycles. The summed E-state index contributed by atoms with van der Waals surface area (Å²) in [4.78, 5) is 27.9. The maximum Gasteiger partial charge on any atom is 0.303 e. The number of carboxylic acids is 1. The van der Waals surface area contributed by atoms with E-state index in [1.54, 1.807) is 16.8 Å². The van der Waals surface area contributed by atoms with Crippen molar-refractivity contribution in [2.45, 2.75) is 58.0 Å². The van der Waals surface area contributed by atoms with Gasteiger partial charge in [0.05, 0.1) is 17.1 Å². The highest BCUT2D eigenvalue weighted by Crippen LogP contribution is 2.25. The van der Waals surface area contributed by atoms with Gasteiger partial charge in [-0.2, -0.15) is 5.10 Å². The molecule has 0 fully saturated rings. The first-order valence-electron chi connectivity index (χ1n) is 16.1. The molecule has 1 aromatic heterocycles. The first-order chi connectivity index (χ1) is 22.4. The van der Waals surface area contributed by atoms with E-state index in [0.717, 1.165) is 42.7 Å². The Bertz CT molecular complexity index is 1760. The molecule has 0 aliphatic carbocycles. The Labute approximate surface area is 270 Å². The number of benzene rings is 4. The van der Waals surface area contributed by atoms with Crippen LogP contribution < -0.4 is 5.56 Å². The molecule has 0 saturated heterocycles. The summed E-state index contributed by atoms with van der Waals surface area (Å²) in [7, 11) is 0. The molecule has 0 aliphatic heterocycles. The van der Waals surface area contributed by atoms with Gasteiger partial charge >= 0.3 is 5.97 Å². The summed E-state index contributed by atoms with van der Waals surface area (Å²) in [6, 6.07) is 34.5. The lowest BCUT2D eigenvalue weighted by atomic mass is 9.96. The molecule has 46 heavy (non-hydrogen) atoms. The molecule has 5 aromatic rings. The minimum atomic E-state index is -0.818. The molecule has 0 spiro atoms. The van der Waals surface area contributed by atoms with Crippen molar-refractivity contribution in [3.05, 3.63) is 148 Å². The maximum atomic E-state index is 14.0. The molecule has 2 unspecified atom stereocenters. The molecule has 0 aliphatic rings. The van der Waals surface area contributed by atoms with Crippen molar-refractivity contribution in [3.8, 4) is 0 Å². The molecule has 2 atom stereocenters. The lowest BCUT2D eigenvalue weighted by molar-refractivity contribution is -0.138. The van der Waals surface area contributed by atoms with E-state index in [1.807, 2.05) is 43.3 Å². The van der Waals surface area contributed by atoms with E-state index >= 15 is 0 Å². The molecular weight excluding hydrogens is 577 g/mol. The minimum absolute atomic E-state index is 0.0339. The van der Waals surface area contributed by atoms with E-state index in [0.29, 0.717) is 31.1 Å². The molecule has 1 heterocycles. The topological polar surface area (TPSA) is 75.4 Å². The molecule has 5 rings (SSSR count).